The van der Waals surface area contributed by atoms with Gasteiger partial charge in [0, 0.05) is 23.5 Å². The van der Waals surface area contributed by atoms with Crippen LogP contribution in [-0.2, 0) is 12.8 Å². The first kappa shape index (κ1) is 12.5. The number of aryl methyl sites for hydroxylation is 1. The molecule has 0 aliphatic heterocycles. The number of halogens is 1. The Morgan fingerprint density at radius 2 is 2.05 bits per heavy atom. The van der Waals surface area contributed by atoms with E-state index in [4.69, 9.17) is 0 Å². The van der Waals surface area contributed by atoms with Crippen molar-refractivity contribution in [2.45, 2.75) is 25.7 Å². The molecule has 1 aromatic carbocycles. The summed E-state index contributed by atoms with van der Waals surface area (Å²) in [5.74, 6) is 0.953. The average Bonchev–Trinajstić information content (AvgIpc) is 2.42. The van der Waals surface area contributed by atoms with E-state index >= 15 is 0 Å². The van der Waals surface area contributed by atoms with Crippen LogP contribution in [0.3, 0.4) is 0 Å². The van der Waals surface area contributed by atoms with E-state index in [0.717, 1.165) is 34.4 Å². The Balaban J connectivity index is 1.91. The standard InChI is InChI=1S/C15H13BrN2O/c16-12-5-2-1-4-10(12)8-15-17-9-11-13(18-15)6-3-7-14(11)19/h1-2,4-5,9H,3,6-8H2. The van der Waals surface area contributed by atoms with Crippen molar-refractivity contribution in [2.75, 3.05) is 0 Å². The number of fused-ring (bicyclic) bond motifs is 1. The zero-order valence-corrected chi connectivity index (χ0v) is 12.0. The van der Waals surface area contributed by atoms with Gasteiger partial charge in [0.2, 0.25) is 0 Å². The Morgan fingerprint density at radius 1 is 1.21 bits per heavy atom. The molecular weight excluding hydrogens is 304 g/mol. The third-order valence-electron chi connectivity index (χ3n) is 3.34. The van der Waals surface area contributed by atoms with Gasteiger partial charge >= 0.3 is 0 Å². The second kappa shape index (κ2) is 5.21. The summed E-state index contributed by atoms with van der Waals surface area (Å²) in [4.78, 5) is 20.6. The van der Waals surface area contributed by atoms with E-state index in [1.54, 1.807) is 6.20 Å². The van der Waals surface area contributed by atoms with Gasteiger partial charge in [-0.25, -0.2) is 9.97 Å². The zero-order valence-electron chi connectivity index (χ0n) is 10.4. The summed E-state index contributed by atoms with van der Waals surface area (Å²) in [6.45, 7) is 0. The number of hydrogen-bond donors (Lipinski definition) is 0. The van der Waals surface area contributed by atoms with E-state index in [1.165, 1.54) is 0 Å². The molecule has 0 unspecified atom stereocenters. The maximum Gasteiger partial charge on any atom is 0.166 e. The summed E-state index contributed by atoms with van der Waals surface area (Å²) in [5.41, 5.74) is 2.78. The number of Topliss-reactive ketones (excluding diaryl/α,β-unsaturated/α-hetero) is 1. The lowest BCUT2D eigenvalue weighted by Gasteiger charge is -2.14. The van der Waals surface area contributed by atoms with E-state index in [2.05, 4.69) is 32.0 Å². The minimum Gasteiger partial charge on any atom is -0.294 e. The van der Waals surface area contributed by atoms with Crippen LogP contribution in [0.25, 0.3) is 0 Å². The molecule has 0 radical (unpaired) electrons. The van der Waals surface area contributed by atoms with Gasteiger partial charge in [-0.1, -0.05) is 34.1 Å². The summed E-state index contributed by atoms with van der Waals surface area (Å²) < 4.78 is 1.06. The van der Waals surface area contributed by atoms with E-state index in [-0.39, 0.29) is 5.78 Å². The van der Waals surface area contributed by atoms with Crippen LogP contribution in [0.1, 0.15) is 40.3 Å². The van der Waals surface area contributed by atoms with E-state index < -0.39 is 0 Å². The van der Waals surface area contributed by atoms with Crippen LogP contribution in [0.2, 0.25) is 0 Å². The van der Waals surface area contributed by atoms with Crippen LogP contribution in [0.5, 0.6) is 0 Å². The van der Waals surface area contributed by atoms with Gasteiger partial charge in [-0.05, 0) is 24.5 Å². The first-order valence-electron chi connectivity index (χ1n) is 6.35. The summed E-state index contributed by atoms with van der Waals surface area (Å²) >= 11 is 3.53. The van der Waals surface area contributed by atoms with Crippen LogP contribution in [0.4, 0.5) is 0 Å². The highest BCUT2D eigenvalue weighted by atomic mass is 79.9. The Bertz CT molecular complexity index is 640. The summed E-state index contributed by atoms with van der Waals surface area (Å²) in [7, 11) is 0. The predicted octanol–water partition coefficient (Wildman–Crippen LogP) is 3.35. The highest BCUT2D eigenvalue weighted by Gasteiger charge is 2.19. The average molecular weight is 317 g/mol. The molecule has 0 atom stereocenters. The Hall–Kier alpha value is -1.55. The Morgan fingerprint density at radius 3 is 2.89 bits per heavy atom. The lowest BCUT2D eigenvalue weighted by atomic mass is 9.96. The number of carbonyl (C=O) groups excluding carboxylic acids is 1. The third kappa shape index (κ3) is 2.59. The molecule has 0 spiro atoms. The maximum atomic E-state index is 11.7. The summed E-state index contributed by atoms with van der Waals surface area (Å²) in [6, 6.07) is 8.05. The third-order valence-corrected chi connectivity index (χ3v) is 4.12. The number of hydrogen-bond acceptors (Lipinski definition) is 3. The molecule has 3 rings (SSSR count). The van der Waals surface area contributed by atoms with Crippen LogP contribution >= 0.6 is 15.9 Å². The number of nitrogens with zero attached hydrogens (tertiary/aromatic N) is 2. The van der Waals surface area contributed by atoms with Gasteiger partial charge < -0.3 is 0 Å². The molecule has 96 valence electrons. The Labute approximate surface area is 120 Å². The SMILES string of the molecule is O=C1CCCc2nc(Cc3ccccc3Br)ncc21. The highest BCUT2D eigenvalue weighted by Crippen LogP contribution is 2.21. The lowest BCUT2D eigenvalue weighted by molar-refractivity contribution is 0.0971. The second-order valence-electron chi connectivity index (χ2n) is 4.69. The molecule has 3 nitrogen and oxygen atoms in total. The maximum absolute atomic E-state index is 11.7. The van der Waals surface area contributed by atoms with Gasteiger partial charge in [0.25, 0.3) is 0 Å². The van der Waals surface area contributed by atoms with E-state index in [0.29, 0.717) is 18.4 Å². The monoisotopic (exact) mass is 316 g/mol. The summed E-state index contributed by atoms with van der Waals surface area (Å²) in [6.07, 6.45) is 4.78. The van der Waals surface area contributed by atoms with Gasteiger partial charge in [0.05, 0.1) is 11.3 Å². The Kier molecular flexibility index (Phi) is 3.42. The first-order chi connectivity index (χ1) is 9.24. The molecular formula is C15H13BrN2O. The van der Waals surface area contributed by atoms with Crippen molar-refractivity contribution < 1.29 is 4.79 Å². The fourth-order valence-corrected chi connectivity index (χ4v) is 2.76. The van der Waals surface area contributed by atoms with Crippen molar-refractivity contribution >= 4 is 21.7 Å². The minimum absolute atomic E-state index is 0.175. The van der Waals surface area contributed by atoms with E-state index in [9.17, 15) is 4.79 Å². The normalized spacial score (nSPS) is 14.3. The topological polar surface area (TPSA) is 42.9 Å². The molecule has 2 aromatic rings. The van der Waals surface area contributed by atoms with Gasteiger partial charge in [-0.2, -0.15) is 0 Å². The van der Waals surface area contributed by atoms with Crippen molar-refractivity contribution in [3.63, 3.8) is 0 Å². The van der Waals surface area contributed by atoms with Gasteiger partial charge in [0.1, 0.15) is 5.82 Å². The number of carbonyl (C=O) groups is 1. The fourth-order valence-electron chi connectivity index (χ4n) is 2.33. The smallest absolute Gasteiger partial charge is 0.166 e. The van der Waals surface area contributed by atoms with Crippen molar-refractivity contribution in [2.24, 2.45) is 0 Å². The minimum atomic E-state index is 0.175. The molecule has 0 fully saturated rings. The number of rotatable bonds is 2. The van der Waals surface area contributed by atoms with Gasteiger partial charge in [0.15, 0.2) is 5.78 Å². The molecule has 1 heterocycles. The number of benzene rings is 1. The zero-order chi connectivity index (χ0) is 13.2. The molecule has 0 N–H and O–H groups in total. The first-order valence-corrected chi connectivity index (χ1v) is 7.15. The van der Waals surface area contributed by atoms with Crippen LogP contribution in [-0.4, -0.2) is 15.8 Å². The number of ketones is 1. The fraction of sp³-hybridized carbons (Fsp3) is 0.267. The lowest BCUT2D eigenvalue weighted by Crippen LogP contribution is -2.15. The molecule has 0 saturated heterocycles. The van der Waals surface area contributed by atoms with Crippen molar-refractivity contribution in [1.29, 1.82) is 0 Å². The molecule has 0 bridgehead atoms. The molecule has 0 amide bonds. The van der Waals surface area contributed by atoms with Crippen LogP contribution < -0.4 is 0 Å². The van der Waals surface area contributed by atoms with Gasteiger partial charge in [-0.15, -0.1) is 0 Å². The van der Waals surface area contributed by atoms with Gasteiger partial charge in [-0.3, -0.25) is 4.79 Å². The van der Waals surface area contributed by atoms with E-state index in [1.807, 2.05) is 18.2 Å². The predicted molar refractivity (Wildman–Crippen MR) is 76.2 cm³/mol. The second-order valence-corrected chi connectivity index (χ2v) is 5.55. The van der Waals surface area contributed by atoms with Crippen molar-refractivity contribution in [3.8, 4) is 0 Å². The summed E-state index contributed by atoms with van der Waals surface area (Å²) in [5, 5.41) is 0. The van der Waals surface area contributed by atoms with Crippen molar-refractivity contribution in [1.82, 2.24) is 9.97 Å². The molecule has 1 aliphatic rings. The number of aromatic nitrogens is 2. The molecule has 19 heavy (non-hydrogen) atoms. The van der Waals surface area contributed by atoms with Crippen LogP contribution in [0, 0.1) is 0 Å². The molecule has 1 aromatic heterocycles. The quantitative estimate of drug-likeness (QED) is 0.853. The van der Waals surface area contributed by atoms with Crippen LogP contribution in [0.15, 0.2) is 34.9 Å². The molecule has 0 saturated carbocycles. The molecule has 4 heteroatoms. The largest absolute Gasteiger partial charge is 0.294 e. The highest BCUT2D eigenvalue weighted by molar-refractivity contribution is 9.10. The van der Waals surface area contributed by atoms with Crippen molar-refractivity contribution in [3.05, 3.63) is 57.6 Å². The molecule has 1 aliphatic carbocycles.